The van der Waals surface area contributed by atoms with Gasteiger partial charge in [-0.25, -0.2) is 8.42 Å². The van der Waals surface area contributed by atoms with E-state index >= 15 is 0 Å². The van der Waals surface area contributed by atoms with E-state index in [0.717, 1.165) is 13.0 Å². The molecule has 0 bridgehead atoms. The van der Waals surface area contributed by atoms with Crippen molar-refractivity contribution in [1.82, 2.24) is 9.62 Å². The molecule has 1 aliphatic rings. The van der Waals surface area contributed by atoms with Crippen LogP contribution in [-0.2, 0) is 14.8 Å². The Bertz CT molecular complexity index is 576. The van der Waals surface area contributed by atoms with Crippen LogP contribution in [-0.4, -0.2) is 44.8 Å². The molecule has 116 valence electrons. The lowest BCUT2D eigenvalue weighted by Gasteiger charge is -2.19. The Labute approximate surface area is 125 Å². The Morgan fingerprint density at radius 2 is 1.95 bits per heavy atom. The highest BCUT2D eigenvalue weighted by Gasteiger charge is 2.24. The van der Waals surface area contributed by atoms with Gasteiger partial charge in [0.2, 0.25) is 15.9 Å². The third kappa shape index (κ3) is 4.03. The largest absolute Gasteiger partial charge is 0.326 e. The SMILES string of the molecule is CCC(=O)Nc1ccc(S(=O)(=O)N2CCCNCC2)cc1. The molecule has 0 aliphatic carbocycles. The van der Waals surface area contributed by atoms with Gasteiger partial charge in [-0.1, -0.05) is 6.92 Å². The maximum absolute atomic E-state index is 12.5. The topological polar surface area (TPSA) is 78.5 Å². The maximum Gasteiger partial charge on any atom is 0.243 e. The number of hydrogen-bond donors (Lipinski definition) is 2. The van der Waals surface area contributed by atoms with Crippen molar-refractivity contribution in [3.63, 3.8) is 0 Å². The number of anilines is 1. The van der Waals surface area contributed by atoms with Crippen molar-refractivity contribution in [1.29, 1.82) is 0 Å². The normalized spacial score (nSPS) is 17.2. The fourth-order valence-corrected chi connectivity index (χ4v) is 3.65. The number of nitrogens with zero attached hydrogens (tertiary/aromatic N) is 1. The summed E-state index contributed by atoms with van der Waals surface area (Å²) in [4.78, 5) is 11.6. The first-order valence-corrected chi connectivity index (χ1v) is 8.59. The van der Waals surface area contributed by atoms with Crippen molar-refractivity contribution in [3.8, 4) is 0 Å². The lowest BCUT2D eigenvalue weighted by molar-refractivity contribution is -0.115. The second-order valence-electron chi connectivity index (χ2n) is 4.93. The third-order valence-electron chi connectivity index (χ3n) is 3.40. The number of carbonyl (C=O) groups is 1. The average Bonchev–Trinajstić information content (AvgIpc) is 2.77. The standard InChI is InChI=1S/C14H21N3O3S/c1-2-14(18)16-12-4-6-13(7-5-12)21(19,20)17-10-3-8-15-9-11-17/h4-7,15H,2-3,8-11H2,1H3,(H,16,18). The molecule has 1 saturated heterocycles. The molecule has 7 heteroatoms. The van der Waals surface area contributed by atoms with Crippen LogP contribution in [0, 0.1) is 0 Å². The highest BCUT2D eigenvalue weighted by Crippen LogP contribution is 2.19. The zero-order valence-corrected chi connectivity index (χ0v) is 12.9. The van der Waals surface area contributed by atoms with Crippen molar-refractivity contribution < 1.29 is 13.2 Å². The smallest absolute Gasteiger partial charge is 0.243 e. The summed E-state index contributed by atoms with van der Waals surface area (Å²) >= 11 is 0. The molecule has 0 radical (unpaired) electrons. The molecule has 1 aliphatic heterocycles. The van der Waals surface area contributed by atoms with E-state index in [4.69, 9.17) is 0 Å². The first-order valence-electron chi connectivity index (χ1n) is 7.15. The van der Waals surface area contributed by atoms with Crippen LogP contribution in [0.2, 0.25) is 0 Å². The van der Waals surface area contributed by atoms with Gasteiger partial charge in [-0.15, -0.1) is 0 Å². The molecule has 6 nitrogen and oxygen atoms in total. The minimum absolute atomic E-state index is 0.0933. The van der Waals surface area contributed by atoms with Crippen LogP contribution in [0.5, 0.6) is 0 Å². The van der Waals surface area contributed by atoms with Crippen molar-refractivity contribution in [3.05, 3.63) is 24.3 Å². The van der Waals surface area contributed by atoms with Crippen LogP contribution in [0.15, 0.2) is 29.2 Å². The van der Waals surface area contributed by atoms with Crippen LogP contribution < -0.4 is 10.6 Å². The number of nitrogens with one attached hydrogen (secondary N) is 2. The Morgan fingerprint density at radius 3 is 2.62 bits per heavy atom. The van der Waals surface area contributed by atoms with E-state index in [1.165, 1.54) is 4.31 Å². The van der Waals surface area contributed by atoms with Crippen molar-refractivity contribution in [2.75, 3.05) is 31.5 Å². The van der Waals surface area contributed by atoms with Gasteiger partial charge in [0.25, 0.3) is 0 Å². The molecule has 2 N–H and O–H groups in total. The lowest BCUT2D eigenvalue weighted by atomic mass is 10.3. The Morgan fingerprint density at radius 1 is 1.24 bits per heavy atom. The van der Waals surface area contributed by atoms with Crippen LogP contribution in [0.4, 0.5) is 5.69 Å². The van der Waals surface area contributed by atoms with Gasteiger partial charge in [-0.05, 0) is 37.2 Å². The average molecular weight is 311 g/mol. The number of benzene rings is 1. The molecule has 1 aromatic rings. The van der Waals surface area contributed by atoms with E-state index < -0.39 is 10.0 Å². The highest BCUT2D eigenvalue weighted by atomic mass is 32.2. The molecule has 21 heavy (non-hydrogen) atoms. The number of rotatable bonds is 4. The van der Waals surface area contributed by atoms with E-state index in [-0.39, 0.29) is 10.8 Å². The summed E-state index contributed by atoms with van der Waals surface area (Å²) in [5.74, 6) is -0.0933. The molecular weight excluding hydrogens is 290 g/mol. The molecule has 1 fully saturated rings. The van der Waals surface area contributed by atoms with Crippen molar-refractivity contribution in [2.24, 2.45) is 0 Å². The summed E-state index contributed by atoms with van der Waals surface area (Å²) in [6.07, 6.45) is 1.20. The number of sulfonamides is 1. The Hall–Kier alpha value is -1.44. The van der Waals surface area contributed by atoms with Gasteiger partial charge < -0.3 is 10.6 Å². The lowest BCUT2D eigenvalue weighted by Crippen LogP contribution is -2.34. The quantitative estimate of drug-likeness (QED) is 0.870. The maximum atomic E-state index is 12.5. The molecule has 0 unspecified atom stereocenters. The summed E-state index contributed by atoms with van der Waals surface area (Å²) in [5.41, 5.74) is 0.610. The molecule has 0 atom stereocenters. The molecule has 1 amide bonds. The highest BCUT2D eigenvalue weighted by molar-refractivity contribution is 7.89. The Balaban J connectivity index is 2.14. The van der Waals surface area contributed by atoms with Crippen molar-refractivity contribution >= 4 is 21.6 Å². The van der Waals surface area contributed by atoms with Crippen molar-refractivity contribution in [2.45, 2.75) is 24.7 Å². The van der Waals surface area contributed by atoms with Gasteiger partial charge in [0.15, 0.2) is 0 Å². The van der Waals surface area contributed by atoms with E-state index in [0.29, 0.717) is 31.7 Å². The first-order chi connectivity index (χ1) is 10.0. The molecular formula is C14H21N3O3S. The summed E-state index contributed by atoms with van der Waals surface area (Å²) in [7, 11) is -3.46. The first kappa shape index (κ1) is 15.9. The van der Waals surface area contributed by atoms with Gasteiger partial charge in [-0.3, -0.25) is 4.79 Å². The zero-order chi connectivity index (χ0) is 15.3. The molecule has 0 aromatic heterocycles. The summed E-state index contributed by atoms with van der Waals surface area (Å²) in [6, 6.07) is 6.32. The fraction of sp³-hybridized carbons (Fsp3) is 0.500. The monoisotopic (exact) mass is 311 g/mol. The number of hydrogen-bond acceptors (Lipinski definition) is 4. The van der Waals surface area contributed by atoms with Gasteiger partial charge in [0, 0.05) is 31.7 Å². The van der Waals surface area contributed by atoms with E-state index in [2.05, 4.69) is 10.6 Å². The predicted molar refractivity (Wildman–Crippen MR) is 81.6 cm³/mol. The predicted octanol–water partition coefficient (Wildman–Crippen LogP) is 1.02. The second-order valence-corrected chi connectivity index (χ2v) is 6.87. The summed E-state index contributed by atoms with van der Waals surface area (Å²) < 4.78 is 26.6. The summed E-state index contributed by atoms with van der Waals surface area (Å²) in [6.45, 7) is 4.29. The van der Waals surface area contributed by atoms with Gasteiger partial charge in [0.1, 0.15) is 0 Å². The van der Waals surface area contributed by atoms with E-state index in [1.807, 2.05) is 0 Å². The fourth-order valence-electron chi connectivity index (χ4n) is 2.17. The molecule has 2 rings (SSSR count). The molecule has 1 heterocycles. The van der Waals surface area contributed by atoms with Crippen LogP contribution >= 0.6 is 0 Å². The summed E-state index contributed by atoms with van der Waals surface area (Å²) in [5, 5.41) is 5.89. The van der Waals surface area contributed by atoms with E-state index in [9.17, 15) is 13.2 Å². The molecule has 1 aromatic carbocycles. The van der Waals surface area contributed by atoms with Crippen LogP contribution in [0.1, 0.15) is 19.8 Å². The second kappa shape index (κ2) is 7.02. The minimum atomic E-state index is -3.46. The third-order valence-corrected chi connectivity index (χ3v) is 5.31. The number of amides is 1. The minimum Gasteiger partial charge on any atom is -0.326 e. The van der Waals surface area contributed by atoms with Gasteiger partial charge in [-0.2, -0.15) is 4.31 Å². The van der Waals surface area contributed by atoms with Crippen LogP contribution in [0.25, 0.3) is 0 Å². The van der Waals surface area contributed by atoms with Gasteiger partial charge in [0.05, 0.1) is 4.90 Å². The van der Waals surface area contributed by atoms with Gasteiger partial charge >= 0.3 is 0 Å². The Kier molecular flexibility index (Phi) is 5.33. The molecule has 0 saturated carbocycles. The molecule has 0 spiro atoms. The van der Waals surface area contributed by atoms with E-state index in [1.54, 1.807) is 31.2 Å². The number of carbonyl (C=O) groups excluding carboxylic acids is 1. The zero-order valence-electron chi connectivity index (χ0n) is 12.1. The van der Waals surface area contributed by atoms with Crippen LogP contribution in [0.3, 0.4) is 0 Å².